The second-order valence-corrected chi connectivity index (χ2v) is 5.50. The van der Waals surface area contributed by atoms with E-state index in [1.807, 2.05) is 18.2 Å². The molecule has 1 aromatic carbocycles. The molecule has 3 heteroatoms. The fraction of sp³-hybridized carbons (Fsp3) is 0.462. The minimum absolute atomic E-state index is 0.0258. The third-order valence-electron chi connectivity index (χ3n) is 2.84. The topological polar surface area (TPSA) is 26.3 Å². The summed E-state index contributed by atoms with van der Waals surface area (Å²) in [6.07, 6.45) is 1.95. The van der Waals surface area contributed by atoms with Gasteiger partial charge in [-0.25, -0.2) is 0 Å². The van der Waals surface area contributed by atoms with E-state index in [1.165, 1.54) is 4.90 Å². The molecular formula is C13H16O2S. The van der Waals surface area contributed by atoms with Crippen LogP contribution in [0.3, 0.4) is 0 Å². The molecule has 0 amide bonds. The Hall–Kier alpha value is -0.960. The van der Waals surface area contributed by atoms with Crippen molar-refractivity contribution in [3.63, 3.8) is 0 Å². The monoisotopic (exact) mass is 236 g/mol. The van der Waals surface area contributed by atoms with E-state index >= 15 is 0 Å². The van der Waals surface area contributed by atoms with Crippen LogP contribution in [0.15, 0.2) is 35.2 Å². The highest BCUT2D eigenvalue weighted by Crippen LogP contribution is 2.32. The van der Waals surface area contributed by atoms with Crippen LogP contribution >= 0.6 is 11.8 Å². The number of carbonyl (C=O) groups is 1. The molecule has 1 aliphatic rings. The summed E-state index contributed by atoms with van der Waals surface area (Å²) in [4.78, 5) is 12.8. The fourth-order valence-corrected chi connectivity index (χ4v) is 3.08. The summed E-state index contributed by atoms with van der Waals surface area (Å²) >= 11 is 1.75. The van der Waals surface area contributed by atoms with Gasteiger partial charge in [0, 0.05) is 10.1 Å². The van der Waals surface area contributed by atoms with E-state index in [0.717, 1.165) is 12.8 Å². The maximum atomic E-state index is 11.6. The van der Waals surface area contributed by atoms with E-state index < -0.39 is 0 Å². The normalized spacial score (nSPS) is 22.6. The Bertz CT molecular complexity index is 350. The van der Waals surface area contributed by atoms with Gasteiger partial charge >= 0.3 is 5.97 Å². The van der Waals surface area contributed by atoms with Crippen molar-refractivity contribution >= 4 is 17.7 Å². The zero-order valence-electron chi connectivity index (χ0n) is 9.39. The predicted octanol–water partition coefficient (Wildman–Crippen LogP) is 3.12. The van der Waals surface area contributed by atoms with Gasteiger partial charge in [0.25, 0.3) is 0 Å². The Labute approximate surface area is 100 Å². The van der Waals surface area contributed by atoms with Gasteiger partial charge < -0.3 is 4.74 Å². The van der Waals surface area contributed by atoms with Crippen molar-refractivity contribution in [3.05, 3.63) is 30.3 Å². The van der Waals surface area contributed by atoms with Crippen molar-refractivity contribution in [2.75, 3.05) is 6.61 Å². The molecule has 2 rings (SSSR count). The second-order valence-electron chi connectivity index (χ2n) is 4.05. The summed E-state index contributed by atoms with van der Waals surface area (Å²) in [5.74, 6) is 0.0288. The number of carbonyl (C=O) groups excluding carboxylic acids is 1. The molecule has 0 bridgehead atoms. The molecule has 2 atom stereocenters. The second kappa shape index (κ2) is 5.39. The molecule has 1 heterocycles. The van der Waals surface area contributed by atoms with Crippen molar-refractivity contribution in [2.45, 2.75) is 29.9 Å². The summed E-state index contributed by atoms with van der Waals surface area (Å²) in [7, 11) is 0. The van der Waals surface area contributed by atoms with E-state index in [-0.39, 0.29) is 17.1 Å². The Morgan fingerprint density at radius 3 is 2.81 bits per heavy atom. The molecule has 0 aliphatic carbocycles. The van der Waals surface area contributed by atoms with Crippen LogP contribution in [0.4, 0.5) is 0 Å². The summed E-state index contributed by atoms with van der Waals surface area (Å²) in [5, 5.41) is 0.287. The molecule has 1 saturated heterocycles. The lowest BCUT2D eigenvalue weighted by molar-refractivity contribution is -0.152. The molecule has 2 nitrogen and oxygen atoms in total. The minimum atomic E-state index is -0.0258. The first kappa shape index (κ1) is 11.5. The van der Waals surface area contributed by atoms with Crippen LogP contribution in [0.25, 0.3) is 0 Å². The molecular weight excluding hydrogens is 220 g/mol. The lowest BCUT2D eigenvalue weighted by atomic mass is 9.98. The van der Waals surface area contributed by atoms with Crippen molar-refractivity contribution in [1.82, 2.24) is 0 Å². The maximum absolute atomic E-state index is 11.6. The van der Waals surface area contributed by atoms with Crippen molar-refractivity contribution in [1.29, 1.82) is 0 Å². The number of cyclic esters (lactones) is 1. The molecule has 0 aromatic heterocycles. The predicted molar refractivity (Wildman–Crippen MR) is 65.4 cm³/mol. The fourth-order valence-electron chi connectivity index (χ4n) is 1.92. The molecule has 0 N–H and O–H groups in total. The van der Waals surface area contributed by atoms with E-state index in [1.54, 1.807) is 11.8 Å². The molecule has 1 fully saturated rings. The number of ether oxygens (including phenoxy) is 1. The van der Waals surface area contributed by atoms with Crippen LogP contribution < -0.4 is 0 Å². The van der Waals surface area contributed by atoms with Crippen LogP contribution in [-0.4, -0.2) is 17.8 Å². The zero-order chi connectivity index (χ0) is 11.4. The Kier molecular flexibility index (Phi) is 3.88. The first-order chi connectivity index (χ1) is 7.77. The summed E-state index contributed by atoms with van der Waals surface area (Å²) in [6.45, 7) is 2.70. The largest absolute Gasteiger partial charge is 0.465 e. The highest BCUT2D eigenvalue weighted by Gasteiger charge is 2.29. The number of hydrogen-bond donors (Lipinski definition) is 0. The van der Waals surface area contributed by atoms with Gasteiger partial charge in [0.05, 0.1) is 12.5 Å². The highest BCUT2D eigenvalue weighted by molar-refractivity contribution is 8.00. The van der Waals surface area contributed by atoms with Crippen molar-refractivity contribution in [3.8, 4) is 0 Å². The van der Waals surface area contributed by atoms with E-state index in [9.17, 15) is 4.79 Å². The first-order valence-corrected chi connectivity index (χ1v) is 6.53. The number of esters is 1. The van der Waals surface area contributed by atoms with Gasteiger partial charge in [0.1, 0.15) is 0 Å². The summed E-state index contributed by atoms with van der Waals surface area (Å²) in [6, 6.07) is 10.2. The lowest BCUT2D eigenvalue weighted by Gasteiger charge is -2.25. The minimum Gasteiger partial charge on any atom is -0.465 e. The van der Waals surface area contributed by atoms with Gasteiger partial charge in [0.15, 0.2) is 0 Å². The average Bonchev–Trinajstić information content (AvgIpc) is 2.31. The lowest BCUT2D eigenvalue weighted by Crippen LogP contribution is -2.30. The SMILES string of the molecule is C[C@H](Sc1ccccc1)[C@H]1CCCOC1=O. The molecule has 1 aliphatic heterocycles. The van der Waals surface area contributed by atoms with E-state index in [4.69, 9.17) is 4.74 Å². The third kappa shape index (κ3) is 2.79. The molecule has 16 heavy (non-hydrogen) atoms. The smallest absolute Gasteiger partial charge is 0.310 e. The highest BCUT2D eigenvalue weighted by atomic mass is 32.2. The van der Waals surface area contributed by atoms with Crippen LogP contribution in [0, 0.1) is 5.92 Å². The third-order valence-corrected chi connectivity index (χ3v) is 4.08. The number of thioether (sulfide) groups is 1. The average molecular weight is 236 g/mol. The van der Waals surface area contributed by atoms with Crippen LogP contribution in [-0.2, 0) is 9.53 Å². The number of hydrogen-bond acceptors (Lipinski definition) is 3. The van der Waals surface area contributed by atoms with Gasteiger partial charge in [-0.2, -0.15) is 0 Å². The van der Waals surface area contributed by atoms with Gasteiger partial charge in [-0.05, 0) is 25.0 Å². The summed E-state index contributed by atoms with van der Waals surface area (Å²) < 4.78 is 5.10. The summed E-state index contributed by atoms with van der Waals surface area (Å²) in [5.41, 5.74) is 0. The standard InChI is InChI=1S/C13H16O2S/c1-10(12-8-5-9-15-13(12)14)16-11-6-3-2-4-7-11/h2-4,6-7,10,12H,5,8-9H2,1H3/t10-,12+/m0/s1. The number of rotatable bonds is 3. The Morgan fingerprint density at radius 1 is 1.38 bits per heavy atom. The molecule has 0 unspecified atom stereocenters. The van der Waals surface area contributed by atoms with Gasteiger partial charge in [-0.15, -0.1) is 11.8 Å². The maximum Gasteiger partial charge on any atom is 0.310 e. The molecule has 0 saturated carbocycles. The van der Waals surface area contributed by atoms with Gasteiger partial charge in [-0.1, -0.05) is 25.1 Å². The van der Waals surface area contributed by atoms with Crippen molar-refractivity contribution in [2.24, 2.45) is 5.92 Å². The molecule has 0 radical (unpaired) electrons. The van der Waals surface area contributed by atoms with E-state index in [0.29, 0.717) is 6.61 Å². The quantitative estimate of drug-likeness (QED) is 0.596. The zero-order valence-corrected chi connectivity index (χ0v) is 10.2. The van der Waals surface area contributed by atoms with Crippen LogP contribution in [0.5, 0.6) is 0 Å². The van der Waals surface area contributed by atoms with Crippen LogP contribution in [0.2, 0.25) is 0 Å². The number of benzene rings is 1. The first-order valence-electron chi connectivity index (χ1n) is 5.66. The van der Waals surface area contributed by atoms with Gasteiger partial charge in [-0.3, -0.25) is 4.79 Å². The molecule has 0 spiro atoms. The Balaban J connectivity index is 1.97. The van der Waals surface area contributed by atoms with E-state index in [2.05, 4.69) is 19.1 Å². The van der Waals surface area contributed by atoms with Crippen molar-refractivity contribution < 1.29 is 9.53 Å². The Morgan fingerprint density at radius 2 is 2.12 bits per heavy atom. The molecule has 86 valence electrons. The van der Waals surface area contributed by atoms with Crippen LogP contribution in [0.1, 0.15) is 19.8 Å². The molecule has 1 aromatic rings. The van der Waals surface area contributed by atoms with Gasteiger partial charge in [0.2, 0.25) is 0 Å².